The van der Waals surface area contributed by atoms with Crippen molar-refractivity contribution in [3.05, 3.63) is 47.9 Å². The molecule has 0 saturated carbocycles. The van der Waals surface area contributed by atoms with E-state index in [0.29, 0.717) is 48.9 Å². The van der Waals surface area contributed by atoms with E-state index in [1.807, 2.05) is 13.8 Å². The van der Waals surface area contributed by atoms with E-state index < -0.39 is 35.0 Å². The molecule has 2 atom stereocenters. The van der Waals surface area contributed by atoms with Crippen LogP contribution < -0.4 is 4.74 Å². The van der Waals surface area contributed by atoms with Crippen LogP contribution in [0.15, 0.2) is 36.5 Å². The lowest BCUT2D eigenvalue weighted by Gasteiger charge is -2.36. The van der Waals surface area contributed by atoms with Crippen molar-refractivity contribution in [1.29, 1.82) is 0 Å². The summed E-state index contributed by atoms with van der Waals surface area (Å²) < 4.78 is 40.7. The van der Waals surface area contributed by atoms with Gasteiger partial charge in [0.2, 0.25) is 0 Å². The SMILES string of the molecule is CCC(F)(CC)CN1CCC(COc2ccc(-c3ccc(C(=O)N4C[C@H](O)C[C@@]4(C)C(=O)OC)c(F)c3)nc2)CC1. The lowest BCUT2D eigenvalue weighted by molar-refractivity contribution is -0.151. The predicted molar refractivity (Wildman–Crippen MR) is 151 cm³/mol. The van der Waals surface area contributed by atoms with Crippen molar-refractivity contribution >= 4 is 11.9 Å². The van der Waals surface area contributed by atoms with Crippen molar-refractivity contribution in [1.82, 2.24) is 14.8 Å². The molecule has 0 spiro atoms. The minimum atomic E-state index is -1.38. The van der Waals surface area contributed by atoms with Gasteiger partial charge in [-0.2, -0.15) is 0 Å². The number of carbonyl (C=O) groups is 2. The van der Waals surface area contributed by atoms with Crippen molar-refractivity contribution in [2.45, 2.75) is 70.2 Å². The number of benzene rings is 1. The number of methoxy groups -OCH3 is 1. The van der Waals surface area contributed by atoms with Crippen LogP contribution in [0.3, 0.4) is 0 Å². The Bertz CT molecular complexity index is 1210. The number of rotatable bonds is 10. The maximum atomic E-state index is 15.1. The Morgan fingerprint density at radius 1 is 1.17 bits per heavy atom. The van der Waals surface area contributed by atoms with E-state index in [-0.39, 0.29) is 18.5 Å². The molecular weight excluding hydrogens is 532 g/mol. The van der Waals surface area contributed by atoms with E-state index in [0.717, 1.165) is 25.9 Å². The third kappa shape index (κ3) is 6.86. The number of aliphatic hydroxyl groups excluding tert-OH is 1. The quantitative estimate of drug-likeness (QED) is 0.414. The van der Waals surface area contributed by atoms with Crippen LogP contribution in [0.5, 0.6) is 5.75 Å². The molecule has 2 aliphatic rings. The first-order valence-corrected chi connectivity index (χ1v) is 14.4. The zero-order valence-corrected chi connectivity index (χ0v) is 24.4. The van der Waals surface area contributed by atoms with Crippen molar-refractivity contribution < 1.29 is 33.0 Å². The summed E-state index contributed by atoms with van der Waals surface area (Å²) in [6.45, 7) is 7.99. The molecule has 2 aliphatic heterocycles. The number of likely N-dealkylation sites (tertiary alicyclic amines) is 2. The number of aliphatic hydroxyl groups is 1. The molecule has 1 amide bonds. The van der Waals surface area contributed by atoms with Gasteiger partial charge in [0.05, 0.1) is 37.3 Å². The minimum Gasteiger partial charge on any atom is -0.492 e. The van der Waals surface area contributed by atoms with Gasteiger partial charge in [0.25, 0.3) is 5.91 Å². The molecule has 1 aromatic heterocycles. The number of carbonyl (C=O) groups excluding carboxylic acids is 2. The summed E-state index contributed by atoms with van der Waals surface area (Å²) in [6, 6.07) is 7.70. The molecule has 0 aliphatic carbocycles. The number of nitrogens with zero attached hydrogens (tertiary/aromatic N) is 3. The molecule has 224 valence electrons. The molecule has 0 bridgehead atoms. The van der Waals surface area contributed by atoms with E-state index in [1.54, 1.807) is 24.4 Å². The topological polar surface area (TPSA) is 92.2 Å². The summed E-state index contributed by atoms with van der Waals surface area (Å²) in [5.74, 6) is -1.11. The number of alkyl halides is 1. The van der Waals surface area contributed by atoms with Gasteiger partial charge in [-0.15, -0.1) is 0 Å². The first kappa shape index (κ1) is 30.8. The number of hydrogen-bond acceptors (Lipinski definition) is 7. The highest BCUT2D eigenvalue weighted by Crippen LogP contribution is 2.33. The fraction of sp³-hybridized carbons (Fsp3) is 0.581. The molecular formula is C31H41F2N3O5. The van der Waals surface area contributed by atoms with Crippen LogP contribution in [0.2, 0.25) is 0 Å². The van der Waals surface area contributed by atoms with Gasteiger partial charge in [-0.3, -0.25) is 9.78 Å². The predicted octanol–water partition coefficient (Wildman–Crippen LogP) is 4.65. The second-order valence-corrected chi connectivity index (χ2v) is 11.5. The van der Waals surface area contributed by atoms with E-state index in [1.165, 1.54) is 31.1 Å². The number of β-amino-alcohol motifs (C(OH)–C–C–N with tert-alkyl or cyclic N) is 1. The normalized spacial score (nSPS) is 22.1. The van der Waals surface area contributed by atoms with Gasteiger partial charge in [-0.25, -0.2) is 13.6 Å². The van der Waals surface area contributed by atoms with Gasteiger partial charge >= 0.3 is 5.97 Å². The molecule has 8 nitrogen and oxygen atoms in total. The summed E-state index contributed by atoms with van der Waals surface area (Å²) in [5, 5.41) is 10.1. The number of halogens is 2. The number of pyridine rings is 1. The monoisotopic (exact) mass is 573 g/mol. The van der Waals surface area contributed by atoms with Crippen molar-refractivity contribution in [2.24, 2.45) is 5.92 Å². The molecule has 1 N–H and O–H groups in total. The highest BCUT2D eigenvalue weighted by Gasteiger charge is 2.51. The maximum absolute atomic E-state index is 15.1. The first-order chi connectivity index (χ1) is 19.5. The Hall–Kier alpha value is -3.11. The van der Waals surface area contributed by atoms with Gasteiger partial charge in [-0.1, -0.05) is 19.9 Å². The molecule has 2 saturated heterocycles. The number of aromatic nitrogens is 1. The Labute approximate surface area is 240 Å². The van der Waals surface area contributed by atoms with Crippen molar-refractivity contribution in [2.75, 3.05) is 39.9 Å². The van der Waals surface area contributed by atoms with Crippen LogP contribution >= 0.6 is 0 Å². The van der Waals surface area contributed by atoms with Gasteiger partial charge in [0.1, 0.15) is 22.8 Å². The zero-order valence-electron chi connectivity index (χ0n) is 24.4. The Kier molecular flexibility index (Phi) is 9.64. The molecule has 3 heterocycles. The van der Waals surface area contributed by atoms with E-state index in [2.05, 4.69) is 9.88 Å². The molecule has 0 unspecified atom stereocenters. The number of ether oxygens (including phenoxy) is 2. The average Bonchev–Trinajstić information content (AvgIpc) is 3.30. The molecule has 0 radical (unpaired) electrons. The van der Waals surface area contributed by atoms with Crippen LogP contribution in [-0.2, 0) is 9.53 Å². The van der Waals surface area contributed by atoms with Crippen LogP contribution in [0.25, 0.3) is 11.3 Å². The van der Waals surface area contributed by atoms with E-state index >= 15 is 4.39 Å². The van der Waals surface area contributed by atoms with Crippen molar-refractivity contribution in [3.63, 3.8) is 0 Å². The molecule has 41 heavy (non-hydrogen) atoms. The van der Waals surface area contributed by atoms with Crippen LogP contribution in [0, 0.1) is 11.7 Å². The third-order valence-corrected chi connectivity index (χ3v) is 8.69. The zero-order chi connectivity index (χ0) is 29.8. The highest BCUT2D eigenvalue weighted by molar-refractivity contribution is 5.99. The second kappa shape index (κ2) is 12.8. The lowest BCUT2D eigenvalue weighted by Crippen LogP contribution is -2.51. The summed E-state index contributed by atoms with van der Waals surface area (Å²) in [4.78, 5) is 33.3. The molecule has 2 aromatic rings. The standard InChI is InChI=1S/C31H41F2N3O5/c1-5-31(33,6-2)20-35-13-11-21(12-14-35)19-41-24-8-10-27(34-17-24)22-7-9-25(26(32)15-22)28(38)36-18-23(37)16-30(36,3)29(39)40-4/h7-10,15,17,21,23,37H,5-6,11-14,16,18-20H2,1-4H3/t23-,30+/m1/s1. The Balaban J connectivity index is 1.33. The molecule has 10 heteroatoms. The van der Waals surface area contributed by atoms with Gasteiger partial charge in [0, 0.05) is 25.1 Å². The van der Waals surface area contributed by atoms with Crippen molar-refractivity contribution in [3.8, 4) is 17.0 Å². The van der Waals surface area contributed by atoms with Crippen LogP contribution in [0.1, 0.15) is 63.2 Å². The summed E-state index contributed by atoms with van der Waals surface area (Å²) in [6.07, 6.45) is 3.67. The molecule has 2 fully saturated rings. The van der Waals surface area contributed by atoms with Crippen LogP contribution in [-0.4, -0.2) is 89.0 Å². The van der Waals surface area contributed by atoms with E-state index in [9.17, 15) is 19.1 Å². The first-order valence-electron chi connectivity index (χ1n) is 14.4. The van der Waals surface area contributed by atoms with Gasteiger partial charge in [0.15, 0.2) is 0 Å². The largest absolute Gasteiger partial charge is 0.492 e. The fourth-order valence-electron chi connectivity index (χ4n) is 5.80. The molecule has 1 aromatic carbocycles. The number of amides is 1. The Morgan fingerprint density at radius 2 is 1.88 bits per heavy atom. The third-order valence-electron chi connectivity index (χ3n) is 8.69. The number of piperidine rings is 1. The molecule has 4 rings (SSSR count). The Morgan fingerprint density at radius 3 is 2.46 bits per heavy atom. The van der Waals surface area contributed by atoms with Gasteiger partial charge in [-0.05, 0) is 75.9 Å². The minimum absolute atomic E-state index is 0.0142. The maximum Gasteiger partial charge on any atom is 0.331 e. The second-order valence-electron chi connectivity index (χ2n) is 11.5. The average molecular weight is 574 g/mol. The van der Waals surface area contributed by atoms with Gasteiger partial charge < -0.3 is 24.4 Å². The van der Waals surface area contributed by atoms with Crippen LogP contribution in [0.4, 0.5) is 8.78 Å². The lowest BCUT2D eigenvalue weighted by atomic mass is 9.94. The summed E-state index contributed by atoms with van der Waals surface area (Å²) in [5.41, 5.74) is -1.70. The summed E-state index contributed by atoms with van der Waals surface area (Å²) in [7, 11) is 1.21. The van der Waals surface area contributed by atoms with E-state index in [4.69, 9.17) is 9.47 Å². The summed E-state index contributed by atoms with van der Waals surface area (Å²) >= 11 is 0. The smallest absolute Gasteiger partial charge is 0.331 e. The number of hydrogen-bond donors (Lipinski definition) is 1. The fourth-order valence-corrected chi connectivity index (χ4v) is 5.80. The number of esters is 1. The highest BCUT2D eigenvalue weighted by atomic mass is 19.1.